The quantitative estimate of drug-likeness (QED) is 0.804. The van der Waals surface area contributed by atoms with Gasteiger partial charge in [0.1, 0.15) is 11.4 Å². The summed E-state index contributed by atoms with van der Waals surface area (Å²) in [5.41, 5.74) is 2.25. The fraction of sp³-hybridized carbons (Fsp3) is 0.154. The molecule has 0 fully saturated rings. The summed E-state index contributed by atoms with van der Waals surface area (Å²) in [5, 5.41) is 0. The summed E-state index contributed by atoms with van der Waals surface area (Å²) >= 11 is 0. The smallest absolute Gasteiger partial charge is 0.373 e. The Balaban J connectivity index is 2.23. The predicted molar refractivity (Wildman–Crippen MR) is 66.2 cm³/mol. The van der Waals surface area contributed by atoms with Crippen molar-refractivity contribution in [2.24, 2.45) is 5.90 Å². The molecule has 0 aliphatic carbocycles. The molecular weight excluding hydrogens is 232 g/mol. The van der Waals surface area contributed by atoms with Gasteiger partial charge in [0, 0.05) is 6.20 Å². The molecule has 0 saturated carbocycles. The number of nitrogens with one attached hydrogen (secondary N) is 1. The van der Waals surface area contributed by atoms with E-state index in [0.717, 1.165) is 16.9 Å². The molecule has 0 amide bonds. The summed E-state index contributed by atoms with van der Waals surface area (Å²) in [5.74, 6) is 5.09. The molecule has 0 aliphatic heterocycles. The third kappa shape index (κ3) is 2.52. The fourth-order valence-corrected chi connectivity index (χ4v) is 1.80. The molecular formula is C13H14N2O3. The third-order valence-corrected chi connectivity index (χ3v) is 2.67. The van der Waals surface area contributed by atoms with E-state index in [1.54, 1.807) is 13.3 Å². The number of aromatic amines is 1. The molecule has 94 valence electrons. The van der Waals surface area contributed by atoms with Crippen LogP contribution in [0.5, 0.6) is 5.75 Å². The van der Waals surface area contributed by atoms with Crippen molar-refractivity contribution in [2.45, 2.75) is 6.42 Å². The first-order valence-corrected chi connectivity index (χ1v) is 5.45. The molecule has 3 N–H and O–H groups in total. The van der Waals surface area contributed by atoms with E-state index in [4.69, 9.17) is 10.6 Å². The molecule has 1 heterocycles. The minimum atomic E-state index is -0.571. The largest absolute Gasteiger partial charge is 0.497 e. The lowest BCUT2D eigenvalue weighted by Gasteiger charge is -2.05. The second-order valence-corrected chi connectivity index (χ2v) is 3.81. The van der Waals surface area contributed by atoms with Gasteiger partial charge in [-0.2, -0.15) is 5.90 Å². The monoisotopic (exact) mass is 246 g/mol. The van der Waals surface area contributed by atoms with Gasteiger partial charge in [-0.1, -0.05) is 12.1 Å². The molecule has 0 aliphatic rings. The van der Waals surface area contributed by atoms with Crippen molar-refractivity contribution in [3.05, 3.63) is 53.3 Å². The number of hydrogen-bond donors (Lipinski definition) is 2. The van der Waals surface area contributed by atoms with Gasteiger partial charge in [-0.3, -0.25) is 0 Å². The second kappa shape index (κ2) is 5.37. The van der Waals surface area contributed by atoms with Crippen LogP contribution >= 0.6 is 0 Å². The first-order valence-electron chi connectivity index (χ1n) is 5.45. The Hall–Kier alpha value is -2.27. The Bertz CT molecular complexity index is 549. The highest BCUT2D eigenvalue weighted by Crippen LogP contribution is 2.18. The number of carbonyl (C=O) groups is 1. The van der Waals surface area contributed by atoms with Gasteiger partial charge in [-0.25, -0.2) is 4.79 Å². The molecule has 5 nitrogen and oxygen atoms in total. The normalized spacial score (nSPS) is 10.1. The first kappa shape index (κ1) is 12.2. The van der Waals surface area contributed by atoms with Gasteiger partial charge in [0.05, 0.1) is 7.11 Å². The number of aromatic nitrogens is 1. The summed E-state index contributed by atoms with van der Waals surface area (Å²) in [6, 6.07) is 9.49. The molecule has 2 rings (SSSR count). The maximum atomic E-state index is 11.4. The van der Waals surface area contributed by atoms with Crippen LogP contribution in [0.3, 0.4) is 0 Å². The molecule has 18 heavy (non-hydrogen) atoms. The lowest BCUT2D eigenvalue weighted by molar-refractivity contribution is 0.0496. The Kier molecular flexibility index (Phi) is 3.64. The topological polar surface area (TPSA) is 77.3 Å². The fourth-order valence-electron chi connectivity index (χ4n) is 1.80. The zero-order chi connectivity index (χ0) is 13.0. The van der Waals surface area contributed by atoms with Crippen LogP contribution in [0.25, 0.3) is 0 Å². The van der Waals surface area contributed by atoms with Gasteiger partial charge < -0.3 is 14.6 Å². The van der Waals surface area contributed by atoms with E-state index >= 15 is 0 Å². The van der Waals surface area contributed by atoms with Crippen LogP contribution in [0.4, 0.5) is 0 Å². The molecule has 0 atom stereocenters. The van der Waals surface area contributed by atoms with E-state index in [9.17, 15) is 4.79 Å². The van der Waals surface area contributed by atoms with E-state index in [2.05, 4.69) is 9.82 Å². The number of rotatable bonds is 4. The maximum Gasteiger partial charge on any atom is 0.373 e. The summed E-state index contributed by atoms with van der Waals surface area (Å²) in [4.78, 5) is 18.4. The Morgan fingerprint density at radius 3 is 2.94 bits per heavy atom. The van der Waals surface area contributed by atoms with Crippen molar-refractivity contribution < 1.29 is 14.4 Å². The van der Waals surface area contributed by atoms with Crippen LogP contribution in [0.2, 0.25) is 0 Å². The number of methoxy groups -OCH3 is 1. The highest BCUT2D eigenvalue weighted by molar-refractivity contribution is 5.88. The maximum absolute atomic E-state index is 11.4. The average Bonchev–Trinajstić information content (AvgIpc) is 2.86. The van der Waals surface area contributed by atoms with Gasteiger partial charge in [0.15, 0.2) is 0 Å². The van der Waals surface area contributed by atoms with E-state index < -0.39 is 5.97 Å². The van der Waals surface area contributed by atoms with Crippen molar-refractivity contribution in [1.29, 1.82) is 0 Å². The Morgan fingerprint density at radius 1 is 1.39 bits per heavy atom. The van der Waals surface area contributed by atoms with Gasteiger partial charge in [-0.05, 0) is 35.7 Å². The number of hydrogen-bond acceptors (Lipinski definition) is 4. The number of benzene rings is 1. The molecule has 0 spiro atoms. The number of H-pyrrole nitrogens is 1. The van der Waals surface area contributed by atoms with Crippen LogP contribution < -0.4 is 10.6 Å². The van der Waals surface area contributed by atoms with Crippen LogP contribution in [0, 0.1) is 0 Å². The van der Waals surface area contributed by atoms with E-state index in [1.807, 2.05) is 30.3 Å². The molecule has 2 aromatic rings. The zero-order valence-electron chi connectivity index (χ0n) is 9.97. The predicted octanol–water partition coefficient (Wildman–Crippen LogP) is 1.64. The van der Waals surface area contributed by atoms with Crippen molar-refractivity contribution in [3.63, 3.8) is 0 Å². The average molecular weight is 246 g/mol. The molecule has 0 radical (unpaired) electrons. The molecule has 0 unspecified atom stereocenters. The Labute approximate surface area is 104 Å². The number of nitrogens with two attached hydrogens (primary N) is 1. The molecule has 5 heteroatoms. The lowest BCUT2D eigenvalue weighted by atomic mass is 10.1. The summed E-state index contributed by atoms with van der Waals surface area (Å²) in [6.07, 6.45) is 2.28. The third-order valence-electron chi connectivity index (χ3n) is 2.67. The first-order chi connectivity index (χ1) is 8.74. The number of carbonyl (C=O) groups excluding carboxylic acids is 1. The van der Waals surface area contributed by atoms with Crippen LogP contribution in [-0.4, -0.2) is 18.1 Å². The van der Waals surface area contributed by atoms with Crippen LogP contribution in [0.1, 0.15) is 21.6 Å². The van der Waals surface area contributed by atoms with Crippen molar-refractivity contribution >= 4 is 5.97 Å². The van der Waals surface area contributed by atoms with Gasteiger partial charge in [0.25, 0.3) is 0 Å². The zero-order valence-corrected chi connectivity index (χ0v) is 9.97. The van der Waals surface area contributed by atoms with Gasteiger partial charge >= 0.3 is 5.97 Å². The van der Waals surface area contributed by atoms with Gasteiger partial charge in [-0.15, -0.1) is 0 Å². The second-order valence-electron chi connectivity index (χ2n) is 3.81. The van der Waals surface area contributed by atoms with E-state index in [0.29, 0.717) is 12.1 Å². The molecule has 1 aromatic heterocycles. The minimum absolute atomic E-state index is 0.375. The standard InChI is InChI=1S/C13H14N2O3/c1-17-11-4-2-3-9(8-11)7-10-5-6-15-12(10)13(16)18-14/h2-6,8,15H,7,14H2,1H3. The van der Waals surface area contributed by atoms with Crippen molar-refractivity contribution in [3.8, 4) is 5.75 Å². The molecule has 1 aromatic carbocycles. The summed E-state index contributed by atoms with van der Waals surface area (Å²) in [6.45, 7) is 0. The van der Waals surface area contributed by atoms with Gasteiger partial charge in [0.2, 0.25) is 0 Å². The van der Waals surface area contributed by atoms with Crippen LogP contribution in [0.15, 0.2) is 36.5 Å². The Morgan fingerprint density at radius 2 is 2.22 bits per heavy atom. The van der Waals surface area contributed by atoms with E-state index in [-0.39, 0.29) is 0 Å². The number of ether oxygens (including phenoxy) is 1. The van der Waals surface area contributed by atoms with Crippen molar-refractivity contribution in [1.82, 2.24) is 4.98 Å². The van der Waals surface area contributed by atoms with Crippen LogP contribution in [-0.2, 0) is 11.3 Å². The summed E-state index contributed by atoms with van der Waals surface area (Å²) < 4.78 is 5.15. The molecule has 0 bridgehead atoms. The lowest BCUT2D eigenvalue weighted by Crippen LogP contribution is -2.12. The molecule has 0 saturated heterocycles. The van der Waals surface area contributed by atoms with Crippen molar-refractivity contribution in [2.75, 3.05) is 7.11 Å². The summed E-state index contributed by atoms with van der Waals surface area (Å²) in [7, 11) is 1.62. The minimum Gasteiger partial charge on any atom is -0.497 e. The van der Waals surface area contributed by atoms with E-state index in [1.165, 1.54) is 0 Å². The highest BCUT2D eigenvalue weighted by Gasteiger charge is 2.13. The highest BCUT2D eigenvalue weighted by atomic mass is 16.7. The SMILES string of the molecule is COc1cccc(Cc2cc[nH]c2C(=O)ON)c1.